The number of ether oxygens (including phenoxy) is 1. The third kappa shape index (κ3) is 2.51. The highest BCUT2D eigenvalue weighted by atomic mass is 32.1. The molecule has 1 aliphatic carbocycles. The first-order chi connectivity index (χ1) is 9.17. The van der Waals surface area contributed by atoms with Gasteiger partial charge in [0.25, 0.3) is 5.56 Å². The third-order valence-corrected chi connectivity index (χ3v) is 3.97. The molecule has 0 saturated heterocycles. The van der Waals surface area contributed by atoms with Crippen molar-refractivity contribution in [3.05, 3.63) is 27.1 Å². The van der Waals surface area contributed by atoms with E-state index in [2.05, 4.69) is 10.1 Å². The number of hydrogen-bond donors (Lipinski definition) is 0. The van der Waals surface area contributed by atoms with Gasteiger partial charge in [0.2, 0.25) is 4.96 Å². The van der Waals surface area contributed by atoms with E-state index in [0.717, 1.165) is 24.3 Å². The first kappa shape index (κ1) is 12.3. The van der Waals surface area contributed by atoms with Crippen LogP contribution < -0.4 is 5.56 Å². The first-order valence-corrected chi connectivity index (χ1v) is 7.04. The molecule has 1 aliphatic rings. The summed E-state index contributed by atoms with van der Waals surface area (Å²) < 4.78 is 6.41. The number of carbonyl (C=O) groups excluding carboxylic acids is 1. The largest absolute Gasteiger partial charge is 0.459 e. The Balaban J connectivity index is 1.83. The number of carbonyl (C=O) groups is 1. The number of fused-ring (bicyclic) bond motifs is 1. The van der Waals surface area contributed by atoms with Crippen molar-refractivity contribution in [3.63, 3.8) is 0 Å². The zero-order valence-electron chi connectivity index (χ0n) is 10.5. The standard InChI is InChI=1S/C12H13N3O3S/c1-2-9-14-15-10(16)5-8(13-12(15)19-9)6-18-11(17)7-3-4-7/h5,7H,2-4,6H2,1H3. The van der Waals surface area contributed by atoms with E-state index in [1.165, 1.54) is 21.9 Å². The normalized spacial score (nSPS) is 14.8. The topological polar surface area (TPSA) is 73.6 Å². The highest BCUT2D eigenvalue weighted by Gasteiger charge is 2.31. The molecule has 0 N–H and O–H groups in total. The molecule has 19 heavy (non-hydrogen) atoms. The quantitative estimate of drug-likeness (QED) is 0.785. The summed E-state index contributed by atoms with van der Waals surface area (Å²) in [6.45, 7) is 2.03. The fraction of sp³-hybridized carbons (Fsp3) is 0.500. The van der Waals surface area contributed by atoms with E-state index in [0.29, 0.717) is 10.7 Å². The lowest BCUT2D eigenvalue weighted by molar-refractivity contribution is -0.146. The molecule has 1 fully saturated rings. The van der Waals surface area contributed by atoms with Crippen LogP contribution in [0.4, 0.5) is 0 Å². The van der Waals surface area contributed by atoms with Crippen LogP contribution in [-0.2, 0) is 22.6 Å². The summed E-state index contributed by atoms with van der Waals surface area (Å²) in [4.78, 5) is 28.1. The van der Waals surface area contributed by atoms with Gasteiger partial charge in [-0.3, -0.25) is 9.59 Å². The zero-order chi connectivity index (χ0) is 13.4. The predicted molar refractivity (Wildman–Crippen MR) is 69.0 cm³/mol. The molecule has 0 aromatic carbocycles. The number of nitrogens with zero attached hydrogens (tertiary/aromatic N) is 3. The summed E-state index contributed by atoms with van der Waals surface area (Å²) in [7, 11) is 0. The average molecular weight is 279 g/mol. The summed E-state index contributed by atoms with van der Waals surface area (Å²) in [6.07, 6.45) is 2.57. The Bertz CT molecular complexity index is 687. The predicted octanol–water partition coefficient (Wildman–Crippen LogP) is 1.17. The Kier molecular flexibility index (Phi) is 3.06. The summed E-state index contributed by atoms with van der Waals surface area (Å²) in [5.74, 6) is -0.138. The van der Waals surface area contributed by atoms with Crippen molar-refractivity contribution in [3.8, 4) is 0 Å². The summed E-state index contributed by atoms with van der Waals surface area (Å²) >= 11 is 1.38. The van der Waals surface area contributed by atoms with E-state index in [9.17, 15) is 9.59 Å². The maximum absolute atomic E-state index is 11.8. The van der Waals surface area contributed by atoms with E-state index in [1.54, 1.807) is 0 Å². The van der Waals surface area contributed by atoms with E-state index < -0.39 is 0 Å². The fourth-order valence-electron chi connectivity index (χ4n) is 1.69. The molecule has 3 rings (SSSR count). The minimum atomic E-state index is -0.238. The molecule has 100 valence electrons. The van der Waals surface area contributed by atoms with Gasteiger partial charge in [0.05, 0.1) is 11.6 Å². The average Bonchev–Trinajstić information content (AvgIpc) is 3.16. The van der Waals surface area contributed by atoms with Gasteiger partial charge in [-0.25, -0.2) is 4.98 Å². The molecule has 2 heterocycles. The second-order valence-corrected chi connectivity index (χ2v) is 5.55. The number of rotatable bonds is 4. The van der Waals surface area contributed by atoms with Crippen molar-refractivity contribution in [1.29, 1.82) is 0 Å². The Morgan fingerprint density at radius 3 is 3.05 bits per heavy atom. The van der Waals surface area contributed by atoms with Gasteiger partial charge in [-0.2, -0.15) is 9.61 Å². The van der Waals surface area contributed by atoms with Crippen LogP contribution in [0.15, 0.2) is 10.9 Å². The minimum absolute atomic E-state index is 0.0555. The molecule has 0 unspecified atom stereocenters. The number of aromatic nitrogens is 3. The van der Waals surface area contributed by atoms with Gasteiger partial charge >= 0.3 is 5.97 Å². The monoisotopic (exact) mass is 279 g/mol. The molecule has 0 atom stereocenters. The third-order valence-electron chi connectivity index (χ3n) is 2.92. The van der Waals surface area contributed by atoms with Gasteiger partial charge < -0.3 is 4.74 Å². The second kappa shape index (κ2) is 4.73. The lowest BCUT2D eigenvalue weighted by atomic mass is 10.4. The lowest BCUT2D eigenvalue weighted by Crippen LogP contribution is -2.17. The molecule has 2 aromatic heterocycles. The van der Waals surface area contributed by atoms with Gasteiger partial charge in [-0.1, -0.05) is 18.3 Å². The highest BCUT2D eigenvalue weighted by molar-refractivity contribution is 7.16. The Labute approximate surface area is 113 Å². The van der Waals surface area contributed by atoms with Crippen molar-refractivity contribution >= 4 is 22.3 Å². The Morgan fingerprint density at radius 1 is 1.58 bits per heavy atom. The zero-order valence-corrected chi connectivity index (χ0v) is 11.3. The van der Waals surface area contributed by atoms with Crippen molar-refractivity contribution < 1.29 is 9.53 Å². The van der Waals surface area contributed by atoms with Crippen LogP contribution in [-0.4, -0.2) is 20.6 Å². The highest BCUT2D eigenvalue weighted by Crippen LogP contribution is 2.30. The molecule has 1 saturated carbocycles. The molecule has 0 amide bonds. The van der Waals surface area contributed by atoms with Crippen molar-refractivity contribution in [2.45, 2.75) is 32.8 Å². The fourth-order valence-corrected chi connectivity index (χ4v) is 2.55. The summed E-state index contributed by atoms with van der Waals surface area (Å²) in [6, 6.07) is 1.37. The minimum Gasteiger partial charge on any atom is -0.459 e. The van der Waals surface area contributed by atoms with Gasteiger partial charge in [0, 0.05) is 6.07 Å². The maximum atomic E-state index is 11.8. The van der Waals surface area contributed by atoms with E-state index >= 15 is 0 Å². The SMILES string of the molecule is CCc1nn2c(=O)cc(COC(=O)C3CC3)nc2s1. The molecule has 0 radical (unpaired) electrons. The Hall–Kier alpha value is -1.76. The number of esters is 1. The molecule has 0 aliphatic heterocycles. The van der Waals surface area contributed by atoms with Crippen LogP contribution in [0.1, 0.15) is 30.5 Å². The van der Waals surface area contributed by atoms with Gasteiger partial charge in [-0.05, 0) is 19.3 Å². The smallest absolute Gasteiger partial charge is 0.309 e. The number of hydrogen-bond acceptors (Lipinski definition) is 6. The van der Waals surface area contributed by atoms with Crippen LogP contribution in [0.25, 0.3) is 4.96 Å². The van der Waals surface area contributed by atoms with E-state index in [1.807, 2.05) is 6.92 Å². The van der Waals surface area contributed by atoms with Crippen LogP contribution >= 0.6 is 11.3 Å². The molecule has 0 spiro atoms. The first-order valence-electron chi connectivity index (χ1n) is 6.22. The van der Waals surface area contributed by atoms with E-state index in [-0.39, 0.29) is 24.1 Å². The Morgan fingerprint density at radius 2 is 2.37 bits per heavy atom. The van der Waals surface area contributed by atoms with Crippen molar-refractivity contribution in [1.82, 2.24) is 14.6 Å². The van der Waals surface area contributed by atoms with Gasteiger partial charge in [0.15, 0.2) is 0 Å². The molecule has 6 nitrogen and oxygen atoms in total. The lowest BCUT2D eigenvalue weighted by Gasteiger charge is -2.02. The van der Waals surface area contributed by atoms with E-state index in [4.69, 9.17) is 4.74 Å². The van der Waals surface area contributed by atoms with Crippen LogP contribution in [0, 0.1) is 5.92 Å². The van der Waals surface area contributed by atoms with Crippen molar-refractivity contribution in [2.24, 2.45) is 5.92 Å². The maximum Gasteiger partial charge on any atom is 0.309 e. The second-order valence-electron chi connectivity index (χ2n) is 4.51. The van der Waals surface area contributed by atoms with Gasteiger partial charge in [-0.15, -0.1) is 0 Å². The van der Waals surface area contributed by atoms with Crippen LogP contribution in [0.3, 0.4) is 0 Å². The summed E-state index contributed by atoms with van der Waals surface area (Å²) in [5, 5.41) is 5.02. The molecular weight excluding hydrogens is 266 g/mol. The van der Waals surface area contributed by atoms with Crippen LogP contribution in [0.5, 0.6) is 0 Å². The molecule has 2 aromatic rings. The van der Waals surface area contributed by atoms with Crippen molar-refractivity contribution in [2.75, 3.05) is 0 Å². The number of aryl methyl sites for hydroxylation is 1. The van der Waals surface area contributed by atoms with Gasteiger partial charge in [0.1, 0.15) is 11.6 Å². The summed E-state index contributed by atoms with van der Waals surface area (Å²) in [5.41, 5.74) is 0.240. The van der Waals surface area contributed by atoms with Crippen LogP contribution in [0.2, 0.25) is 0 Å². The molecular formula is C12H13N3O3S. The molecule has 0 bridgehead atoms. The molecule has 7 heteroatoms.